The van der Waals surface area contributed by atoms with Crippen LogP contribution in [-0.2, 0) is 0 Å². The van der Waals surface area contributed by atoms with Crippen molar-refractivity contribution in [3.63, 3.8) is 0 Å². The number of carbonyl (C=O) groups is 1. The van der Waals surface area contributed by atoms with Gasteiger partial charge < -0.3 is 10.6 Å². The molecule has 4 heteroatoms. The highest BCUT2D eigenvalue weighted by molar-refractivity contribution is 7.80. The molecule has 0 atom stereocenters. The summed E-state index contributed by atoms with van der Waals surface area (Å²) in [6.45, 7) is 5.87. The summed E-state index contributed by atoms with van der Waals surface area (Å²) in [5.41, 5.74) is 3.68. The fraction of sp³-hybridized carbons (Fsp3) is 0.222. The fourth-order valence-corrected chi connectivity index (χ4v) is 2.30. The molecule has 0 aromatic heterocycles. The molecular formula is C18H20N2OS. The summed E-state index contributed by atoms with van der Waals surface area (Å²) in [6, 6.07) is 15.5. The van der Waals surface area contributed by atoms with Gasteiger partial charge in [0.25, 0.3) is 0 Å². The number of nitrogens with one attached hydrogen (secondary N) is 2. The van der Waals surface area contributed by atoms with E-state index in [9.17, 15) is 4.79 Å². The van der Waals surface area contributed by atoms with Crippen LogP contribution >= 0.6 is 12.2 Å². The lowest BCUT2D eigenvalue weighted by molar-refractivity contribution is 0.101. The average Bonchev–Trinajstić information content (AvgIpc) is 2.47. The molecule has 0 spiro atoms. The van der Waals surface area contributed by atoms with Gasteiger partial charge in [-0.25, -0.2) is 0 Å². The third-order valence-electron chi connectivity index (χ3n) is 3.36. The van der Waals surface area contributed by atoms with Gasteiger partial charge >= 0.3 is 0 Å². The fourth-order valence-electron chi connectivity index (χ4n) is 2.06. The quantitative estimate of drug-likeness (QED) is 0.627. The molecule has 22 heavy (non-hydrogen) atoms. The summed E-state index contributed by atoms with van der Waals surface area (Å²) >= 11 is 5.30. The lowest BCUT2D eigenvalue weighted by atomic mass is 10.0. The minimum absolute atomic E-state index is 0.0341. The molecular weight excluding hydrogens is 292 g/mol. The van der Waals surface area contributed by atoms with Crippen LogP contribution in [-0.4, -0.2) is 10.9 Å². The van der Waals surface area contributed by atoms with Gasteiger partial charge in [-0.05, 0) is 54.9 Å². The Hall–Kier alpha value is -2.20. The van der Waals surface area contributed by atoms with Crippen LogP contribution in [0, 0.1) is 0 Å². The predicted molar refractivity (Wildman–Crippen MR) is 96.8 cm³/mol. The van der Waals surface area contributed by atoms with Gasteiger partial charge in [-0.15, -0.1) is 0 Å². The third kappa shape index (κ3) is 4.40. The molecule has 0 aliphatic heterocycles. The lowest BCUT2D eigenvalue weighted by Crippen LogP contribution is -2.19. The van der Waals surface area contributed by atoms with E-state index < -0.39 is 0 Å². The maximum Gasteiger partial charge on any atom is 0.175 e. The summed E-state index contributed by atoms with van der Waals surface area (Å²) in [7, 11) is 0. The molecule has 0 fully saturated rings. The monoisotopic (exact) mass is 312 g/mol. The summed E-state index contributed by atoms with van der Waals surface area (Å²) in [6.07, 6.45) is 0. The zero-order valence-corrected chi connectivity index (χ0v) is 13.8. The van der Waals surface area contributed by atoms with E-state index in [1.54, 1.807) is 19.1 Å². The Morgan fingerprint density at radius 1 is 1.00 bits per heavy atom. The second kappa shape index (κ2) is 7.18. The number of thiocarbonyl (C=S) groups is 1. The van der Waals surface area contributed by atoms with Gasteiger partial charge in [0.2, 0.25) is 0 Å². The zero-order chi connectivity index (χ0) is 16.1. The molecule has 0 bridgehead atoms. The van der Waals surface area contributed by atoms with Crippen LogP contribution in [0.25, 0.3) is 0 Å². The average molecular weight is 312 g/mol. The highest BCUT2D eigenvalue weighted by atomic mass is 32.1. The van der Waals surface area contributed by atoms with Crippen molar-refractivity contribution in [2.24, 2.45) is 0 Å². The third-order valence-corrected chi connectivity index (χ3v) is 3.57. The van der Waals surface area contributed by atoms with E-state index in [0.29, 0.717) is 16.6 Å². The Labute approximate surface area is 136 Å². The molecule has 0 aliphatic carbocycles. The molecule has 0 radical (unpaired) electrons. The van der Waals surface area contributed by atoms with Crippen molar-refractivity contribution in [2.75, 3.05) is 10.6 Å². The summed E-state index contributed by atoms with van der Waals surface area (Å²) in [5.74, 6) is 0.542. The topological polar surface area (TPSA) is 41.1 Å². The van der Waals surface area contributed by atoms with Crippen molar-refractivity contribution in [3.8, 4) is 0 Å². The number of Topliss-reactive ketones (excluding diaryl/α,β-unsaturated/α-hetero) is 1. The Kier molecular flexibility index (Phi) is 5.28. The van der Waals surface area contributed by atoms with Gasteiger partial charge in [-0.2, -0.15) is 0 Å². The van der Waals surface area contributed by atoms with Gasteiger partial charge in [0.15, 0.2) is 10.9 Å². The van der Waals surface area contributed by atoms with Crippen LogP contribution in [0.4, 0.5) is 11.4 Å². The molecule has 2 N–H and O–H groups in total. The molecule has 2 aromatic carbocycles. The molecule has 0 saturated carbocycles. The van der Waals surface area contributed by atoms with Crippen LogP contribution in [0.1, 0.15) is 42.6 Å². The maximum atomic E-state index is 11.4. The van der Waals surface area contributed by atoms with E-state index in [0.717, 1.165) is 11.4 Å². The normalized spacial score (nSPS) is 10.4. The van der Waals surface area contributed by atoms with Gasteiger partial charge in [0.05, 0.1) is 0 Å². The van der Waals surface area contributed by atoms with E-state index in [1.165, 1.54) is 5.56 Å². The molecule has 0 amide bonds. The maximum absolute atomic E-state index is 11.4. The predicted octanol–water partition coefficient (Wildman–Crippen LogP) is 4.82. The SMILES string of the molecule is CC(=O)c1cccc(NC(=S)Nc2ccc(C(C)C)cc2)c1. The number of hydrogen-bond donors (Lipinski definition) is 2. The lowest BCUT2D eigenvalue weighted by Gasteiger charge is -2.12. The standard InChI is InChI=1S/C18H20N2OS/c1-12(2)14-7-9-16(10-8-14)19-18(22)20-17-6-4-5-15(11-17)13(3)21/h4-12H,1-3H3,(H2,19,20,22). The zero-order valence-electron chi connectivity index (χ0n) is 13.0. The second-order valence-electron chi connectivity index (χ2n) is 5.49. The van der Waals surface area contributed by atoms with Crippen LogP contribution in [0.5, 0.6) is 0 Å². The van der Waals surface area contributed by atoms with E-state index >= 15 is 0 Å². The van der Waals surface area contributed by atoms with Crippen LogP contribution in [0.2, 0.25) is 0 Å². The molecule has 114 valence electrons. The summed E-state index contributed by atoms with van der Waals surface area (Å²) in [5, 5.41) is 6.73. The smallest absolute Gasteiger partial charge is 0.175 e. The Bertz CT molecular complexity index is 678. The minimum atomic E-state index is 0.0341. The number of benzene rings is 2. The first-order valence-electron chi connectivity index (χ1n) is 7.24. The van der Waals surface area contributed by atoms with E-state index in [4.69, 9.17) is 12.2 Å². The Balaban J connectivity index is 2.00. The first-order valence-corrected chi connectivity index (χ1v) is 7.65. The van der Waals surface area contributed by atoms with Gasteiger partial charge in [-0.3, -0.25) is 4.79 Å². The van der Waals surface area contributed by atoms with Gasteiger partial charge in [0.1, 0.15) is 0 Å². The molecule has 3 nitrogen and oxygen atoms in total. The molecule has 2 aromatic rings. The number of anilines is 2. The van der Waals surface area contributed by atoms with Crippen LogP contribution < -0.4 is 10.6 Å². The molecule has 0 unspecified atom stereocenters. The van der Waals surface area contributed by atoms with Crippen molar-refractivity contribution in [1.82, 2.24) is 0 Å². The minimum Gasteiger partial charge on any atom is -0.332 e. The highest BCUT2D eigenvalue weighted by Gasteiger charge is 2.03. The van der Waals surface area contributed by atoms with Crippen molar-refractivity contribution in [3.05, 3.63) is 59.7 Å². The van der Waals surface area contributed by atoms with Crippen LogP contribution in [0.15, 0.2) is 48.5 Å². The van der Waals surface area contributed by atoms with E-state index in [2.05, 4.69) is 36.6 Å². The van der Waals surface area contributed by atoms with Crippen molar-refractivity contribution in [1.29, 1.82) is 0 Å². The van der Waals surface area contributed by atoms with Crippen molar-refractivity contribution >= 4 is 34.5 Å². The van der Waals surface area contributed by atoms with Gasteiger partial charge in [-0.1, -0.05) is 38.1 Å². The molecule has 0 heterocycles. The first-order chi connectivity index (χ1) is 10.5. The summed E-state index contributed by atoms with van der Waals surface area (Å²) in [4.78, 5) is 11.4. The van der Waals surface area contributed by atoms with Crippen molar-refractivity contribution in [2.45, 2.75) is 26.7 Å². The number of ketones is 1. The van der Waals surface area contributed by atoms with Crippen molar-refractivity contribution < 1.29 is 4.79 Å². The number of rotatable bonds is 4. The first kappa shape index (κ1) is 16.2. The highest BCUT2D eigenvalue weighted by Crippen LogP contribution is 2.17. The molecule has 0 saturated heterocycles. The largest absolute Gasteiger partial charge is 0.332 e. The second-order valence-corrected chi connectivity index (χ2v) is 5.90. The number of carbonyl (C=O) groups excluding carboxylic acids is 1. The Morgan fingerprint density at radius 3 is 2.23 bits per heavy atom. The number of hydrogen-bond acceptors (Lipinski definition) is 2. The molecule has 0 aliphatic rings. The molecule has 2 rings (SSSR count). The van der Waals surface area contributed by atoms with E-state index in [-0.39, 0.29) is 5.78 Å². The Morgan fingerprint density at radius 2 is 1.64 bits per heavy atom. The van der Waals surface area contributed by atoms with Gasteiger partial charge in [0, 0.05) is 16.9 Å². The van der Waals surface area contributed by atoms with Crippen LogP contribution in [0.3, 0.4) is 0 Å². The van der Waals surface area contributed by atoms with E-state index in [1.807, 2.05) is 24.3 Å². The summed E-state index contributed by atoms with van der Waals surface area (Å²) < 4.78 is 0.